The summed E-state index contributed by atoms with van der Waals surface area (Å²) in [7, 11) is 0. The predicted molar refractivity (Wildman–Crippen MR) is 123 cm³/mol. The Morgan fingerprint density at radius 3 is 2.58 bits per heavy atom. The third kappa shape index (κ3) is 4.05. The van der Waals surface area contributed by atoms with Gasteiger partial charge in [-0.2, -0.15) is 0 Å². The summed E-state index contributed by atoms with van der Waals surface area (Å²) in [6.45, 7) is 7.75. The number of amides is 1. The zero-order chi connectivity index (χ0) is 22.1. The van der Waals surface area contributed by atoms with Crippen molar-refractivity contribution in [3.63, 3.8) is 0 Å². The molecule has 0 aliphatic heterocycles. The Morgan fingerprint density at radius 2 is 1.81 bits per heavy atom. The second-order valence-electron chi connectivity index (χ2n) is 8.51. The number of anilines is 1. The zero-order valence-corrected chi connectivity index (χ0v) is 18.5. The van der Waals surface area contributed by atoms with Gasteiger partial charge in [0.05, 0.1) is 11.1 Å². The van der Waals surface area contributed by atoms with Crippen LogP contribution in [0.15, 0.2) is 42.5 Å². The molecule has 0 fully saturated rings. The number of hydrogen-bond donors (Lipinski definition) is 1. The molecule has 0 radical (unpaired) electrons. The van der Waals surface area contributed by atoms with Gasteiger partial charge in [0.1, 0.15) is 0 Å². The third-order valence-corrected chi connectivity index (χ3v) is 5.95. The highest BCUT2D eigenvalue weighted by Crippen LogP contribution is 2.31. The van der Waals surface area contributed by atoms with Gasteiger partial charge in [-0.05, 0) is 61.8 Å². The van der Waals surface area contributed by atoms with E-state index in [1.807, 2.05) is 49.4 Å². The molecule has 2 aromatic carbocycles. The molecule has 1 amide bonds. The lowest BCUT2D eigenvalue weighted by Gasteiger charge is -2.19. The van der Waals surface area contributed by atoms with Crippen molar-refractivity contribution in [2.45, 2.75) is 59.0 Å². The number of carbonyl (C=O) groups is 2. The van der Waals surface area contributed by atoms with Crippen LogP contribution in [-0.2, 0) is 22.4 Å². The predicted octanol–water partition coefficient (Wildman–Crippen LogP) is 5.34. The highest BCUT2D eigenvalue weighted by molar-refractivity contribution is 6.06. The molecule has 0 bridgehead atoms. The molecule has 31 heavy (non-hydrogen) atoms. The molecule has 3 aromatic rings. The first kappa shape index (κ1) is 21.0. The molecule has 5 heteroatoms. The van der Waals surface area contributed by atoms with E-state index < -0.39 is 12.1 Å². The van der Waals surface area contributed by atoms with Crippen molar-refractivity contribution in [1.82, 2.24) is 4.98 Å². The van der Waals surface area contributed by atoms with Crippen molar-refractivity contribution in [3.05, 3.63) is 70.4 Å². The van der Waals surface area contributed by atoms with E-state index >= 15 is 0 Å². The number of nitrogens with one attached hydrogen (secondary N) is 1. The minimum atomic E-state index is -0.920. The standard InChI is InChI=1S/C26H28N2O3/c1-15(2)18-11-7-9-16(3)24(18)28-25(29)17(4)31-26(30)23-19-10-5-6-13-21(19)27-22-14-8-12-20(22)23/h5-7,9-11,13,15,17H,8,12,14H2,1-4H3,(H,28,29)/t17-/m0/s1. The summed E-state index contributed by atoms with van der Waals surface area (Å²) in [4.78, 5) is 30.8. The maximum absolute atomic E-state index is 13.2. The summed E-state index contributed by atoms with van der Waals surface area (Å²) >= 11 is 0. The molecule has 0 unspecified atom stereocenters. The molecule has 4 rings (SSSR count). The van der Waals surface area contributed by atoms with Crippen LogP contribution in [0.4, 0.5) is 5.69 Å². The SMILES string of the molecule is Cc1cccc(C(C)C)c1NC(=O)[C@H](C)OC(=O)c1c2c(nc3ccccc13)CCC2. The Kier molecular flexibility index (Phi) is 5.77. The number of aryl methyl sites for hydroxylation is 2. The first-order valence-corrected chi connectivity index (χ1v) is 10.9. The third-order valence-electron chi connectivity index (χ3n) is 5.95. The Bertz CT molecular complexity index is 1170. The Balaban J connectivity index is 1.59. The Hall–Kier alpha value is -3.21. The minimum Gasteiger partial charge on any atom is -0.449 e. The number of nitrogens with zero attached hydrogens (tertiary/aromatic N) is 1. The fraction of sp³-hybridized carbons (Fsp3) is 0.346. The van der Waals surface area contributed by atoms with Gasteiger partial charge in [0, 0.05) is 16.8 Å². The van der Waals surface area contributed by atoms with Gasteiger partial charge in [0.25, 0.3) is 5.91 Å². The summed E-state index contributed by atoms with van der Waals surface area (Å²) in [6, 6.07) is 13.6. The molecule has 5 nitrogen and oxygen atoms in total. The van der Waals surface area contributed by atoms with Gasteiger partial charge in [-0.3, -0.25) is 9.78 Å². The second kappa shape index (κ2) is 8.50. The van der Waals surface area contributed by atoms with Crippen molar-refractivity contribution in [2.24, 2.45) is 0 Å². The largest absolute Gasteiger partial charge is 0.449 e. The number of rotatable bonds is 5. The molecular weight excluding hydrogens is 388 g/mol. The molecule has 0 spiro atoms. The molecule has 1 atom stereocenters. The van der Waals surface area contributed by atoms with E-state index in [1.54, 1.807) is 6.92 Å². The van der Waals surface area contributed by atoms with Gasteiger partial charge < -0.3 is 10.1 Å². The van der Waals surface area contributed by atoms with Gasteiger partial charge in [-0.1, -0.05) is 50.2 Å². The van der Waals surface area contributed by atoms with Crippen LogP contribution in [0.1, 0.15) is 65.9 Å². The topological polar surface area (TPSA) is 68.3 Å². The van der Waals surface area contributed by atoms with Gasteiger partial charge in [-0.25, -0.2) is 4.79 Å². The van der Waals surface area contributed by atoms with E-state index in [0.717, 1.165) is 58.2 Å². The maximum Gasteiger partial charge on any atom is 0.339 e. The van der Waals surface area contributed by atoms with Crippen LogP contribution >= 0.6 is 0 Å². The van der Waals surface area contributed by atoms with E-state index in [9.17, 15) is 9.59 Å². The zero-order valence-electron chi connectivity index (χ0n) is 18.5. The van der Waals surface area contributed by atoms with E-state index in [0.29, 0.717) is 5.56 Å². The van der Waals surface area contributed by atoms with Crippen molar-refractivity contribution in [2.75, 3.05) is 5.32 Å². The minimum absolute atomic E-state index is 0.263. The quantitative estimate of drug-likeness (QED) is 0.570. The number of ether oxygens (including phenoxy) is 1. The van der Waals surface area contributed by atoms with Crippen molar-refractivity contribution < 1.29 is 14.3 Å². The highest BCUT2D eigenvalue weighted by Gasteiger charge is 2.27. The summed E-state index contributed by atoms with van der Waals surface area (Å²) in [5.74, 6) is -0.536. The lowest BCUT2D eigenvalue weighted by molar-refractivity contribution is -0.123. The average Bonchev–Trinajstić information content (AvgIpc) is 3.20. The summed E-state index contributed by atoms with van der Waals surface area (Å²) in [5, 5.41) is 3.76. The number of fused-ring (bicyclic) bond motifs is 2. The summed E-state index contributed by atoms with van der Waals surface area (Å²) in [6.07, 6.45) is 1.72. The van der Waals surface area contributed by atoms with Gasteiger partial charge >= 0.3 is 5.97 Å². The fourth-order valence-electron chi connectivity index (χ4n) is 4.28. The van der Waals surface area contributed by atoms with E-state index in [1.165, 1.54) is 0 Å². The molecule has 0 saturated carbocycles. The van der Waals surface area contributed by atoms with Crippen LogP contribution in [0.5, 0.6) is 0 Å². The van der Waals surface area contributed by atoms with Crippen LogP contribution in [0, 0.1) is 6.92 Å². The Morgan fingerprint density at radius 1 is 1.03 bits per heavy atom. The maximum atomic E-state index is 13.2. The van der Waals surface area contributed by atoms with Crippen LogP contribution in [0.3, 0.4) is 0 Å². The van der Waals surface area contributed by atoms with Crippen LogP contribution in [0.2, 0.25) is 0 Å². The number of esters is 1. The molecule has 0 saturated heterocycles. The summed E-state index contributed by atoms with van der Waals surface area (Å²) in [5.41, 5.74) is 6.09. The Labute approximate surface area is 182 Å². The molecular formula is C26H28N2O3. The normalized spacial score (nSPS) is 13.8. The monoisotopic (exact) mass is 416 g/mol. The number of aromatic nitrogens is 1. The van der Waals surface area contributed by atoms with Crippen molar-refractivity contribution in [3.8, 4) is 0 Å². The van der Waals surface area contributed by atoms with E-state index in [2.05, 4.69) is 19.2 Å². The number of pyridine rings is 1. The van der Waals surface area contributed by atoms with Crippen LogP contribution in [0.25, 0.3) is 10.9 Å². The summed E-state index contributed by atoms with van der Waals surface area (Å²) < 4.78 is 5.67. The molecule has 1 heterocycles. The van der Waals surface area contributed by atoms with E-state index in [-0.39, 0.29) is 11.8 Å². The number of hydrogen-bond acceptors (Lipinski definition) is 4. The number of para-hydroxylation sites is 2. The smallest absolute Gasteiger partial charge is 0.339 e. The lowest BCUT2D eigenvalue weighted by Crippen LogP contribution is -2.31. The average molecular weight is 417 g/mol. The van der Waals surface area contributed by atoms with Crippen molar-refractivity contribution in [1.29, 1.82) is 0 Å². The second-order valence-corrected chi connectivity index (χ2v) is 8.51. The first-order chi connectivity index (χ1) is 14.9. The molecule has 1 aliphatic carbocycles. The van der Waals surface area contributed by atoms with Gasteiger partial charge in [0.2, 0.25) is 0 Å². The fourth-order valence-corrected chi connectivity index (χ4v) is 4.28. The lowest BCUT2D eigenvalue weighted by atomic mass is 9.98. The molecule has 1 aliphatic rings. The van der Waals surface area contributed by atoms with Gasteiger partial charge in [-0.15, -0.1) is 0 Å². The first-order valence-electron chi connectivity index (χ1n) is 10.9. The van der Waals surface area contributed by atoms with Crippen LogP contribution in [-0.4, -0.2) is 23.0 Å². The van der Waals surface area contributed by atoms with Crippen molar-refractivity contribution >= 4 is 28.5 Å². The molecule has 1 aromatic heterocycles. The van der Waals surface area contributed by atoms with E-state index in [4.69, 9.17) is 9.72 Å². The molecule has 1 N–H and O–H groups in total. The molecule has 160 valence electrons. The number of benzene rings is 2. The number of carbonyl (C=O) groups excluding carboxylic acids is 2. The van der Waals surface area contributed by atoms with Gasteiger partial charge in [0.15, 0.2) is 6.10 Å². The highest BCUT2D eigenvalue weighted by atomic mass is 16.5. The van der Waals surface area contributed by atoms with Crippen LogP contribution < -0.4 is 5.32 Å².